The van der Waals surface area contributed by atoms with Crippen LogP contribution in [0.1, 0.15) is 35.3 Å². The zero-order chi connectivity index (χ0) is 27.0. The number of nitrogens with zero attached hydrogens (tertiary/aromatic N) is 2. The molecule has 0 spiro atoms. The molecule has 2 heterocycles. The Kier molecular flexibility index (Phi) is 8.09. The predicted octanol–water partition coefficient (Wildman–Crippen LogP) is 5.96. The number of halogens is 3. The Morgan fingerprint density at radius 3 is 2.51 bits per heavy atom. The zero-order valence-electron chi connectivity index (χ0n) is 20.7. The van der Waals surface area contributed by atoms with Crippen LogP contribution in [-0.2, 0) is 11.2 Å². The van der Waals surface area contributed by atoms with Crippen LogP contribution in [0.2, 0.25) is 15.1 Å². The number of carbonyl (C=O) groups excluding carboxylic acids is 1. The number of carbonyl (C=O) groups is 2. The van der Waals surface area contributed by atoms with Crippen LogP contribution >= 0.6 is 34.8 Å². The van der Waals surface area contributed by atoms with Gasteiger partial charge in [0.25, 0.3) is 0 Å². The summed E-state index contributed by atoms with van der Waals surface area (Å²) < 4.78 is 0. The van der Waals surface area contributed by atoms with E-state index in [1.54, 1.807) is 0 Å². The quantitative estimate of drug-likeness (QED) is 0.340. The second kappa shape index (κ2) is 11.0. The number of hydrogen-bond acceptors (Lipinski definition) is 4. The lowest BCUT2D eigenvalue weighted by Crippen LogP contribution is -2.47. The molecule has 3 N–H and O–H groups in total. The number of rotatable bonds is 4. The number of H-pyrrole nitrogens is 1. The van der Waals surface area contributed by atoms with Crippen molar-refractivity contribution >= 4 is 63.2 Å². The van der Waals surface area contributed by atoms with E-state index >= 15 is 0 Å². The van der Waals surface area contributed by atoms with Crippen LogP contribution in [0.3, 0.4) is 0 Å². The van der Waals surface area contributed by atoms with E-state index in [2.05, 4.69) is 61.3 Å². The molecular weight excluding hydrogens is 537 g/mol. The third-order valence-electron chi connectivity index (χ3n) is 7.02. The number of aromatic amines is 1. The second-order valence-corrected chi connectivity index (χ2v) is 10.3. The largest absolute Gasteiger partial charge is 0.505 e. The molecule has 196 valence electrons. The lowest BCUT2D eigenvalue weighted by atomic mass is 9.79. The number of carboxylic acids is 1. The maximum absolute atomic E-state index is 12.9. The van der Waals surface area contributed by atoms with Gasteiger partial charge in [0.15, 0.2) is 0 Å². The van der Waals surface area contributed by atoms with E-state index in [-0.39, 0.29) is 26.9 Å². The summed E-state index contributed by atoms with van der Waals surface area (Å²) in [5.74, 6) is -1.75. The molecule has 5 rings (SSSR count). The van der Waals surface area contributed by atoms with Gasteiger partial charge in [-0.3, -0.25) is 9.69 Å². The molecular formula is C27H28Cl3N3O4. The first-order valence-electron chi connectivity index (χ1n) is 12.0. The van der Waals surface area contributed by atoms with E-state index in [1.165, 1.54) is 33.7 Å². The van der Waals surface area contributed by atoms with Crippen LogP contribution in [0.5, 0.6) is 5.75 Å². The summed E-state index contributed by atoms with van der Waals surface area (Å²) in [5.41, 5.74) is 4.72. The Morgan fingerprint density at radius 1 is 1.16 bits per heavy atom. The van der Waals surface area contributed by atoms with Crippen LogP contribution in [0.25, 0.3) is 16.5 Å². The van der Waals surface area contributed by atoms with Gasteiger partial charge in [-0.25, -0.2) is 4.79 Å². The number of phenols is 1. The van der Waals surface area contributed by atoms with Crippen molar-refractivity contribution < 1.29 is 19.8 Å². The highest BCUT2D eigenvalue weighted by Gasteiger charge is 2.36. The summed E-state index contributed by atoms with van der Waals surface area (Å²) in [4.78, 5) is 31.1. The maximum atomic E-state index is 12.9. The Balaban J connectivity index is 0.000000209. The number of benzene rings is 2. The standard InChI is InChI=1S/C20H25N3O.C7H3Cl3O3/c1-4-23(5-2)20(24)14-9-16-15-7-6-8-17-19(15)13(11-21-17)10-18(16)22(3)12-14;8-2-1-3(9)6(11)4(5(2)10)7(12)13/h6-9,11,14,18,21H,4-5,10,12H2,1-3H3;1,11H,(H,12,13)/t14-,18-;/m1./s1. The van der Waals surface area contributed by atoms with Gasteiger partial charge in [0.1, 0.15) is 11.3 Å². The average molecular weight is 565 g/mol. The smallest absolute Gasteiger partial charge is 0.341 e. The Bertz CT molecular complexity index is 1370. The number of fused-ring (bicyclic) bond motifs is 2. The highest BCUT2D eigenvalue weighted by Crippen LogP contribution is 2.41. The first kappa shape index (κ1) is 27.3. The summed E-state index contributed by atoms with van der Waals surface area (Å²) in [7, 11) is 2.15. The van der Waals surface area contributed by atoms with Gasteiger partial charge in [0.2, 0.25) is 5.91 Å². The first-order valence-corrected chi connectivity index (χ1v) is 13.1. The molecule has 3 aromatic rings. The molecule has 10 heteroatoms. The minimum absolute atomic E-state index is 0.0122. The Labute approximate surface area is 230 Å². The SMILES string of the molecule is CCN(CC)C(=O)[C@@H]1C=C2c3cccc4[nH]cc(c34)C[C@H]2N(C)C1.O=C(O)c1c(O)c(Cl)cc(Cl)c1Cl. The van der Waals surface area contributed by atoms with E-state index < -0.39 is 17.3 Å². The molecule has 0 saturated carbocycles. The topological polar surface area (TPSA) is 96.9 Å². The molecule has 0 unspecified atom stereocenters. The van der Waals surface area contributed by atoms with Crippen LogP contribution in [-0.4, -0.2) is 69.6 Å². The maximum Gasteiger partial charge on any atom is 0.341 e. The summed E-state index contributed by atoms with van der Waals surface area (Å²) >= 11 is 16.6. The van der Waals surface area contributed by atoms with Crippen molar-refractivity contribution in [3.8, 4) is 5.75 Å². The van der Waals surface area contributed by atoms with Gasteiger partial charge in [-0.1, -0.05) is 53.0 Å². The number of nitrogens with one attached hydrogen (secondary N) is 1. The minimum atomic E-state index is -1.38. The molecule has 0 saturated heterocycles. The Hall–Kier alpha value is -2.71. The molecule has 2 aliphatic rings. The van der Waals surface area contributed by atoms with E-state index in [9.17, 15) is 14.7 Å². The van der Waals surface area contributed by atoms with Crippen molar-refractivity contribution in [2.75, 3.05) is 26.7 Å². The van der Waals surface area contributed by atoms with Crippen molar-refractivity contribution in [3.05, 3.63) is 68.3 Å². The van der Waals surface area contributed by atoms with Gasteiger partial charge >= 0.3 is 5.97 Å². The molecule has 2 aromatic carbocycles. The number of aromatic nitrogens is 1. The lowest BCUT2D eigenvalue weighted by Gasteiger charge is -2.40. The van der Waals surface area contributed by atoms with Crippen molar-refractivity contribution in [2.45, 2.75) is 26.3 Å². The number of aromatic carboxylic acids is 1. The zero-order valence-corrected chi connectivity index (χ0v) is 23.0. The molecule has 1 aromatic heterocycles. The molecule has 0 bridgehead atoms. The molecule has 7 nitrogen and oxygen atoms in total. The van der Waals surface area contributed by atoms with Crippen molar-refractivity contribution in [1.82, 2.24) is 14.8 Å². The molecule has 0 radical (unpaired) electrons. The van der Waals surface area contributed by atoms with Crippen LogP contribution in [0.15, 0.2) is 36.5 Å². The highest BCUT2D eigenvalue weighted by molar-refractivity contribution is 6.45. The van der Waals surface area contributed by atoms with Gasteiger partial charge in [-0.15, -0.1) is 0 Å². The fourth-order valence-corrected chi connectivity index (χ4v) is 5.84. The van der Waals surface area contributed by atoms with Gasteiger partial charge in [-0.05, 0) is 56.1 Å². The van der Waals surface area contributed by atoms with E-state index in [0.717, 1.165) is 26.1 Å². The average Bonchev–Trinajstić information content (AvgIpc) is 3.28. The van der Waals surface area contributed by atoms with Crippen LogP contribution in [0, 0.1) is 5.92 Å². The predicted molar refractivity (Wildman–Crippen MR) is 148 cm³/mol. The van der Waals surface area contributed by atoms with E-state index in [4.69, 9.17) is 39.9 Å². The highest BCUT2D eigenvalue weighted by atomic mass is 35.5. The number of carboxylic acid groups (broad SMARTS) is 1. The summed E-state index contributed by atoms with van der Waals surface area (Å²) in [6.45, 7) is 6.47. The van der Waals surface area contributed by atoms with E-state index in [0.29, 0.717) is 6.04 Å². The molecule has 1 aliphatic heterocycles. The number of hydrogen-bond donors (Lipinski definition) is 3. The van der Waals surface area contributed by atoms with Gasteiger partial charge < -0.3 is 20.1 Å². The van der Waals surface area contributed by atoms with Gasteiger partial charge in [0, 0.05) is 42.8 Å². The second-order valence-electron chi connectivity index (χ2n) is 9.12. The number of aromatic hydroxyl groups is 1. The molecule has 1 amide bonds. The van der Waals surface area contributed by atoms with Crippen molar-refractivity contribution in [2.24, 2.45) is 5.92 Å². The minimum Gasteiger partial charge on any atom is -0.505 e. The molecule has 0 fully saturated rings. The van der Waals surface area contributed by atoms with Gasteiger partial charge in [0.05, 0.1) is 21.0 Å². The monoisotopic (exact) mass is 563 g/mol. The van der Waals surface area contributed by atoms with Gasteiger partial charge in [-0.2, -0.15) is 0 Å². The van der Waals surface area contributed by atoms with Crippen molar-refractivity contribution in [3.63, 3.8) is 0 Å². The summed E-state index contributed by atoms with van der Waals surface area (Å²) in [5, 5.41) is 18.8. The fraction of sp³-hybridized carbons (Fsp3) is 0.333. The molecule has 2 atom stereocenters. The Morgan fingerprint density at radius 2 is 1.86 bits per heavy atom. The normalized spacial score (nSPS) is 18.5. The third kappa shape index (κ3) is 5.06. The van der Waals surface area contributed by atoms with Crippen LogP contribution < -0.4 is 0 Å². The van der Waals surface area contributed by atoms with E-state index in [1.807, 2.05) is 4.90 Å². The lowest BCUT2D eigenvalue weighted by molar-refractivity contribution is -0.134. The molecule has 37 heavy (non-hydrogen) atoms. The number of amides is 1. The van der Waals surface area contributed by atoms with Crippen LogP contribution in [0.4, 0.5) is 0 Å². The third-order valence-corrected chi connectivity index (χ3v) is 8.10. The summed E-state index contributed by atoms with van der Waals surface area (Å²) in [6, 6.07) is 7.99. The number of likely N-dealkylation sites (N-methyl/N-ethyl adjacent to an activating group) is 1. The molecule has 1 aliphatic carbocycles. The fourth-order valence-electron chi connectivity index (χ4n) is 5.16. The van der Waals surface area contributed by atoms with Crippen molar-refractivity contribution in [1.29, 1.82) is 0 Å². The summed E-state index contributed by atoms with van der Waals surface area (Å²) in [6.07, 6.45) is 5.41. The first-order chi connectivity index (χ1) is 17.6.